The van der Waals surface area contributed by atoms with Crippen molar-refractivity contribution in [2.24, 2.45) is 5.41 Å². The van der Waals surface area contributed by atoms with Crippen LogP contribution in [0.25, 0.3) is 0 Å². The molecule has 0 bridgehead atoms. The van der Waals surface area contributed by atoms with Gasteiger partial charge in [-0.3, -0.25) is 0 Å². The molecular weight excluding hydrogens is 210 g/mol. The smallest absolute Gasteiger partial charge is 0.0474 e. The summed E-state index contributed by atoms with van der Waals surface area (Å²) < 4.78 is 5.58. The van der Waals surface area contributed by atoms with E-state index in [1.165, 1.54) is 57.9 Å². The van der Waals surface area contributed by atoms with Gasteiger partial charge in [0.1, 0.15) is 0 Å². The van der Waals surface area contributed by atoms with E-state index in [4.69, 9.17) is 4.74 Å². The van der Waals surface area contributed by atoms with E-state index in [1.807, 2.05) is 0 Å². The molecule has 3 aliphatic rings. The third kappa shape index (κ3) is 2.74. The molecule has 3 rings (SSSR count). The second-order valence-electron chi connectivity index (χ2n) is 6.02. The van der Waals surface area contributed by atoms with E-state index in [-0.39, 0.29) is 0 Å². The zero-order chi connectivity index (χ0) is 11.6. The Balaban J connectivity index is 1.70. The van der Waals surface area contributed by atoms with Crippen molar-refractivity contribution in [1.29, 1.82) is 0 Å². The van der Waals surface area contributed by atoms with Gasteiger partial charge in [-0.25, -0.2) is 0 Å². The van der Waals surface area contributed by atoms with Crippen molar-refractivity contribution in [2.75, 3.05) is 19.8 Å². The van der Waals surface area contributed by atoms with E-state index in [9.17, 15) is 0 Å². The third-order valence-corrected chi connectivity index (χ3v) is 4.73. The molecule has 0 aromatic carbocycles. The Morgan fingerprint density at radius 1 is 1.24 bits per heavy atom. The monoisotopic (exact) mass is 235 g/mol. The Kier molecular flexibility index (Phi) is 3.53. The highest BCUT2D eigenvalue weighted by Gasteiger charge is 2.37. The molecule has 0 radical (unpaired) electrons. The lowest BCUT2D eigenvalue weighted by atomic mass is 9.70. The van der Waals surface area contributed by atoms with Crippen molar-refractivity contribution < 1.29 is 4.74 Å². The lowest BCUT2D eigenvalue weighted by molar-refractivity contribution is 0.0299. The number of allylic oxidation sites excluding steroid dienone is 1. The molecule has 0 amide bonds. The van der Waals surface area contributed by atoms with Gasteiger partial charge < -0.3 is 10.1 Å². The molecule has 1 heterocycles. The standard InChI is InChI=1S/C15H25NO/c1-2-4-13(5-3-1)15(8-10-17-11-9-15)12-16-14-6-7-14/h4,14,16H,1-3,5-12H2. The molecular formula is C15H25NO. The van der Waals surface area contributed by atoms with Gasteiger partial charge in [-0.2, -0.15) is 0 Å². The summed E-state index contributed by atoms with van der Waals surface area (Å²) in [4.78, 5) is 0. The topological polar surface area (TPSA) is 21.3 Å². The average molecular weight is 235 g/mol. The van der Waals surface area contributed by atoms with Crippen LogP contribution < -0.4 is 5.32 Å². The van der Waals surface area contributed by atoms with Crippen LogP contribution in [0.4, 0.5) is 0 Å². The molecule has 2 aliphatic carbocycles. The summed E-state index contributed by atoms with van der Waals surface area (Å²) in [5.74, 6) is 0. The van der Waals surface area contributed by atoms with E-state index in [0.717, 1.165) is 19.3 Å². The molecule has 0 spiro atoms. The van der Waals surface area contributed by atoms with E-state index < -0.39 is 0 Å². The van der Waals surface area contributed by atoms with Gasteiger partial charge in [-0.1, -0.05) is 11.6 Å². The van der Waals surface area contributed by atoms with Crippen molar-refractivity contribution in [3.63, 3.8) is 0 Å². The van der Waals surface area contributed by atoms with Crippen molar-refractivity contribution in [3.8, 4) is 0 Å². The second kappa shape index (κ2) is 5.11. The minimum Gasteiger partial charge on any atom is -0.381 e. The van der Waals surface area contributed by atoms with E-state index >= 15 is 0 Å². The Bertz CT molecular complexity index is 287. The lowest BCUT2D eigenvalue weighted by Crippen LogP contribution is -2.41. The zero-order valence-corrected chi connectivity index (χ0v) is 10.8. The summed E-state index contributed by atoms with van der Waals surface area (Å²) in [7, 11) is 0. The first-order valence-corrected chi connectivity index (χ1v) is 7.40. The minimum absolute atomic E-state index is 0.446. The second-order valence-corrected chi connectivity index (χ2v) is 6.02. The van der Waals surface area contributed by atoms with Crippen LogP contribution in [0.2, 0.25) is 0 Å². The van der Waals surface area contributed by atoms with Crippen LogP contribution in [0, 0.1) is 5.41 Å². The molecule has 0 aromatic heterocycles. The summed E-state index contributed by atoms with van der Waals surface area (Å²) in [5.41, 5.74) is 2.20. The van der Waals surface area contributed by atoms with Gasteiger partial charge in [0.15, 0.2) is 0 Å². The molecule has 2 nitrogen and oxygen atoms in total. The third-order valence-electron chi connectivity index (χ3n) is 4.73. The molecule has 1 N–H and O–H groups in total. The minimum atomic E-state index is 0.446. The average Bonchev–Trinajstić information content (AvgIpc) is 3.23. The van der Waals surface area contributed by atoms with Gasteiger partial charge in [0, 0.05) is 31.2 Å². The van der Waals surface area contributed by atoms with Crippen molar-refractivity contribution in [3.05, 3.63) is 11.6 Å². The van der Waals surface area contributed by atoms with Gasteiger partial charge in [0.25, 0.3) is 0 Å². The molecule has 0 aromatic rings. The van der Waals surface area contributed by atoms with E-state index in [0.29, 0.717) is 5.41 Å². The Morgan fingerprint density at radius 3 is 2.71 bits per heavy atom. The number of ether oxygens (including phenoxy) is 1. The molecule has 1 aliphatic heterocycles. The van der Waals surface area contributed by atoms with Crippen LogP contribution in [0.15, 0.2) is 11.6 Å². The highest BCUT2D eigenvalue weighted by Crippen LogP contribution is 2.42. The maximum atomic E-state index is 5.58. The SMILES string of the molecule is C1=C(C2(CNC3CC3)CCOCC2)CCCC1. The van der Waals surface area contributed by atoms with Crippen LogP contribution in [0.1, 0.15) is 51.4 Å². The first kappa shape index (κ1) is 11.7. The zero-order valence-electron chi connectivity index (χ0n) is 10.8. The Labute approximate surface area is 105 Å². The quantitative estimate of drug-likeness (QED) is 0.756. The van der Waals surface area contributed by atoms with Crippen molar-refractivity contribution >= 4 is 0 Å². The van der Waals surface area contributed by atoms with Crippen LogP contribution in [-0.2, 0) is 4.74 Å². The largest absolute Gasteiger partial charge is 0.381 e. The highest BCUT2D eigenvalue weighted by molar-refractivity contribution is 5.18. The molecule has 0 unspecified atom stereocenters. The number of hydrogen-bond acceptors (Lipinski definition) is 2. The van der Waals surface area contributed by atoms with Gasteiger partial charge in [-0.15, -0.1) is 0 Å². The fourth-order valence-corrected chi connectivity index (χ4v) is 3.32. The summed E-state index contributed by atoms with van der Waals surface area (Å²) in [6.07, 6.45) is 13.2. The van der Waals surface area contributed by atoms with Crippen molar-refractivity contribution in [2.45, 2.75) is 57.4 Å². The highest BCUT2D eigenvalue weighted by atomic mass is 16.5. The number of hydrogen-bond donors (Lipinski definition) is 1. The summed E-state index contributed by atoms with van der Waals surface area (Å²) in [6, 6.07) is 0.832. The lowest BCUT2D eigenvalue weighted by Gasteiger charge is -2.41. The first-order valence-electron chi connectivity index (χ1n) is 7.40. The van der Waals surface area contributed by atoms with Crippen LogP contribution in [0.3, 0.4) is 0 Å². The summed E-state index contributed by atoms with van der Waals surface area (Å²) in [5, 5.41) is 3.77. The van der Waals surface area contributed by atoms with Crippen LogP contribution in [-0.4, -0.2) is 25.8 Å². The Morgan fingerprint density at radius 2 is 2.06 bits per heavy atom. The molecule has 0 atom stereocenters. The van der Waals surface area contributed by atoms with E-state index in [1.54, 1.807) is 5.57 Å². The van der Waals surface area contributed by atoms with Gasteiger partial charge in [-0.05, 0) is 51.4 Å². The molecule has 1 saturated carbocycles. The number of rotatable bonds is 4. The normalized spacial score (nSPS) is 28.8. The Hall–Kier alpha value is -0.340. The fraction of sp³-hybridized carbons (Fsp3) is 0.867. The van der Waals surface area contributed by atoms with Gasteiger partial charge in [0.2, 0.25) is 0 Å². The maximum absolute atomic E-state index is 5.58. The number of nitrogens with one attached hydrogen (secondary N) is 1. The van der Waals surface area contributed by atoms with Crippen molar-refractivity contribution in [1.82, 2.24) is 5.32 Å². The fourth-order valence-electron chi connectivity index (χ4n) is 3.32. The van der Waals surface area contributed by atoms with Crippen LogP contribution in [0.5, 0.6) is 0 Å². The van der Waals surface area contributed by atoms with Crippen LogP contribution >= 0.6 is 0 Å². The predicted molar refractivity (Wildman–Crippen MR) is 70.1 cm³/mol. The van der Waals surface area contributed by atoms with Gasteiger partial charge in [0.05, 0.1) is 0 Å². The molecule has 1 saturated heterocycles. The molecule has 17 heavy (non-hydrogen) atoms. The molecule has 2 heteroatoms. The van der Waals surface area contributed by atoms with Gasteiger partial charge >= 0.3 is 0 Å². The summed E-state index contributed by atoms with van der Waals surface area (Å²) in [6.45, 7) is 3.13. The maximum Gasteiger partial charge on any atom is 0.0474 e. The van der Waals surface area contributed by atoms with E-state index in [2.05, 4.69) is 11.4 Å². The first-order chi connectivity index (χ1) is 8.39. The summed E-state index contributed by atoms with van der Waals surface area (Å²) >= 11 is 0. The molecule has 96 valence electrons. The molecule has 2 fully saturated rings. The predicted octanol–water partition coefficient (Wildman–Crippen LogP) is 3.04.